The van der Waals surface area contributed by atoms with E-state index in [9.17, 15) is 4.39 Å². The first-order valence-electron chi connectivity index (χ1n) is 5.62. The minimum atomic E-state index is -0.334. The molecule has 0 fully saturated rings. The first kappa shape index (κ1) is 12.1. The summed E-state index contributed by atoms with van der Waals surface area (Å²) in [7, 11) is 1.80. The highest BCUT2D eigenvalue weighted by molar-refractivity contribution is 6.36. The van der Waals surface area contributed by atoms with Crippen molar-refractivity contribution in [2.75, 3.05) is 12.4 Å². The molecule has 4 heteroatoms. The van der Waals surface area contributed by atoms with Crippen LogP contribution in [0.25, 0.3) is 10.9 Å². The maximum atomic E-state index is 13.8. The minimum absolute atomic E-state index is 0.334. The van der Waals surface area contributed by atoms with Gasteiger partial charge in [0.2, 0.25) is 0 Å². The molecule has 1 aromatic carbocycles. The van der Waals surface area contributed by atoms with E-state index in [1.54, 1.807) is 13.1 Å². The normalized spacial score (nSPS) is 10.8. The number of hydrogen-bond donors (Lipinski definition) is 1. The van der Waals surface area contributed by atoms with Crippen molar-refractivity contribution >= 4 is 28.2 Å². The maximum Gasteiger partial charge on any atom is 0.149 e. The van der Waals surface area contributed by atoms with E-state index in [1.807, 2.05) is 6.07 Å². The molecule has 0 unspecified atom stereocenters. The van der Waals surface area contributed by atoms with Gasteiger partial charge in [-0.25, -0.2) is 9.37 Å². The lowest BCUT2D eigenvalue weighted by molar-refractivity contribution is 0.636. The number of anilines is 1. The van der Waals surface area contributed by atoms with E-state index in [0.717, 1.165) is 24.2 Å². The first-order chi connectivity index (χ1) is 8.17. The molecule has 90 valence electrons. The SMILES string of the molecule is CCCc1cc(NC)c2c(Cl)ccc(F)c2n1. The molecule has 1 N–H and O–H groups in total. The van der Waals surface area contributed by atoms with E-state index in [0.29, 0.717) is 15.9 Å². The lowest BCUT2D eigenvalue weighted by atomic mass is 10.1. The molecule has 2 nitrogen and oxygen atoms in total. The van der Waals surface area contributed by atoms with Gasteiger partial charge in [0.1, 0.15) is 11.3 Å². The van der Waals surface area contributed by atoms with Crippen LogP contribution in [0.1, 0.15) is 19.0 Å². The molecule has 0 radical (unpaired) electrons. The summed E-state index contributed by atoms with van der Waals surface area (Å²) in [5.74, 6) is -0.334. The molecule has 0 atom stereocenters. The number of benzene rings is 1. The monoisotopic (exact) mass is 252 g/mol. The zero-order valence-corrected chi connectivity index (χ0v) is 10.6. The quantitative estimate of drug-likeness (QED) is 0.892. The Morgan fingerprint density at radius 3 is 2.82 bits per heavy atom. The van der Waals surface area contributed by atoms with Gasteiger partial charge in [0.25, 0.3) is 0 Å². The number of nitrogens with one attached hydrogen (secondary N) is 1. The number of hydrogen-bond acceptors (Lipinski definition) is 2. The average molecular weight is 253 g/mol. The van der Waals surface area contributed by atoms with Gasteiger partial charge in [-0.1, -0.05) is 24.9 Å². The van der Waals surface area contributed by atoms with E-state index < -0.39 is 0 Å². The van der Waals surface area contributed by atoms with E-state index in [-0.39, 0.29) is 5.82 Å². The highest BCUT2D eigenvalue weighted by atomic mass is 35.5. The van der Waals surface area contributed by atoms with Crippen LogP contribution in [-0.4, -0.2) is 12.0 Å². The third kappa shape index (κ3) is 2.20. The van der Waals surface area contributed by atoms with Crippen LogP contribution >= 0.6 is 11.6 Å². The number of halogens is 2. The number of aromatic nitrogens is 1. The fraction of sp³-hybridized carbons (Fsp3) is 0.308. The fourth-order valence-electron chi connectivity index (χ4n) is 1.90. The topological polar surface area (TPSA) is 24.9 Å². The Labute approximate surface area is 105 Å². The minimum Gasteiger partial charge on any atom is -0.387 e. The first-order valence-corrected chi connectivity index (χ1v) is 6.00. The van der Waals surface area contributed by atoms with Crippen LogP contribution in [0.2, 0.25) is 5.02 Å². The molecule has 2 rings (SSSR count). The molecule has 2 aromatic rings. The summed E-state index contributed by atoms with van der Waals surface area (Å²) in [6, 6.07) is 4.84. The Bertz CT molecular complexity index is 555. The Hall–Kier alpha value is -1.35. The molecule has 0 saturated heterocycles. The fourth-order valence-corrected chi connectivity index (χ4v) is 2.16. The predicted octanol–water partition coefficient (Wildman–Crippen LogP) is 4.02. The second-order valence-corrected chi connectivity index (χ2v) is 4.32. The van der Waals surface area contributed by atoms with Crippen LogP contribution in [0.4, 0.5) is 10.1 Å². The van der Waals surface area contributed by atoms with Gasteiger partial charge in [0.05, 0.1) is 5.02 Å². The van der Waals surface area contributed by atoms with Gasteiger partial charge in [0, 0.05) is 23.8 Å². The third-order valence-corrected chi connectivity index (χ3v) is 3.00. The van der Waals surface area contributed by atoms with Gasteiger partial charge in [0.15, 0.2) is 0 Å². The van der Waals surface area contributed by atoms with E-state index in [4.69, 9.17) is 11.6 Å². The summed E-state index contributed by atoms with van der Waals surface area (Å²) >= 11 is 6.10. The van der Waals surface area contributed by atoms with Crippen molar-refractivity contribution in [3.05, 3.63) is 34.7 Å². The second-order valence-electron chi connectivity index (χ2n) is 3.91. The summed E-state index contributed by atoms with van der Waals surface area (Å²) in [6.45, 7) is 2.07. The van der Waals surface area contributed by atoms with E-state index in [2.05, 4.69) is 17.2 Å². The summed E-state index contributed by atoms with van der Waals surface area (Å²) in [5, 5.41) is 4.21. The molecular weight excluding hydrogens is 239 g/mol. The predicted molar refractivity (Wildman–Crippen MR) is 70.3 cm³/mol. The summed E-state index contributed by atoms with van der Waals surface area (Å²) in [4.78, 5) is 4.33. The Kier molecular flexibility index (Phi) is 3.48. The zero-order valence-electron chi connectivity index (χ0n) is 9.85. The van der Waals surface area contributed by atoms with Crippen LogP contribution in [-0.2, 0) is 6.42 Å². The van der Waals surface area contributed by atoms with Crippen molar-refractivity contribution in [1.82, 2.24) is 4.98 Å². The van der Waals surface area contributed by atoms with E-state index in [1.165, 1.54) is 6.07 Å². The van der Waals surface area contributed by atoms with Crippen LogP contribution in [0, 0.1) is 5.82 Å². The van der Waals surface area contributed by atoms with Crippen molar-refractivity contribution in [1.29, 1.82) is 0 Å². The van der Waals surface area contributed by atoms with Crippen molar-refractivity contribution in [3.63, 3.8) is 0 Å². The maximum absolute atomic E-state index is 13.8. The molecular formula is C13H14ClFN2. The lowest BCUT2D eigenvalue weighted by Crippen LogP contribution is -1.98. The van der Waals surface area contributed by atoms with Gasteiger partial charge in [-0.2, -0.15) is 0 Å². The van der Waals surface area contributed by atoms with Gasteiger partial charge < -0.3 is 5.32 Å². The summed E-state index contributed by atoms with van der Waals surface area (Å²) in [6.07, 6.45) is 1.81. The molecule has 0 aliphatic heterocycles. The molecule has 0 bridgehead atoms. The average Bonchev–Trinajstić information content (AvgIpc) is 2.33. The largest absolute Gasteiger partial charge is 0.387 e. The second kappa shape index (κ2) is 4.88. The van der Waals surface area contributed by atoms with E-state index >= 15 is 0 Å². The highest BCUT2D eigenvalue weighted by Gasteiger charge is 2.11. The molecule has 0 aliphatic rings. The van der Waals surface area contributed by atoms with Crippen molar-refractivity contribution in [2.24, 2.45) is 0 Å². The smallest absolute Gasteiger partial charge is 0.149 e. The van der Waals surface area contributed by atoms with Crippen molar-refractivity contribution in [2.45, 2.75) is 19.8 Å². The van der Waals surface area contributed by atoms with Crippen LogP contribution in [0.3, 0.4) is 0 Å². The van der Waals surface area contributed by atoms with Crippen LogP contribution in [0.5, 0.6) is 0 Å². The number of pyridine rings is 1. The van der Waals surface area contributed by atoms with Gasteiger partial charge in [-0.3, -0.25) is 0 Å². The molecule has 0 spiro atoms. The highest BCUT2D eigenvalue weighted by Crippen LogP contribution is 2.31. The van der Waals surface area contributed by atoms with Crippen molar-refractivity contribution in [3.8, 4) is 0 Å². The summed E-state index contributed by atoms with van der Waals surface area (Å²) < 4.78 is 13.8. The van der Waals surface area contributed by atoms with Crippen LogP contribution < -0.4 is 5.32 Å². The number of fused-ring (bicyclic) bond motifs is 1. The molecule has 0 saturated carbocycles. The third-order valence-electron chi connectivity index (χ3n) is 2.69. The number of rotatable bonds is 3. The van der Waals surface area contributed by atoms with Crippen molar-refractivity contribution < 1.29 is 4.39 Å². The van der Waals surface area contributed by atoms with Gasteiger partial charge in [-0.05, 0) is 24.6 Å². The Morgan fingerprint density at radius 1 is 1.41 bits per heavy atom. The molecule has 0 aliphatic carbocycles. The van der Waals surface area contributed by atoms with Gasteiger partial charge in [-0.15, -0.1) is 0 Å². The van der Waals surface area contributed by atoms with Crippen LogP contribution in [0.15, 0.2) is 18.2 Å². The summed E-state index contributed by atoms with van der Waals surface area (Å²) in [5.41, 5.74) is 2.04. The zero-order chi connectivity index (χ0) is 12.4. The lowest BCUT2D eigenvalue weighted by Gasteiger charge is -2.10. The van der Waals surface area contributed by atoms with Gasteiger partial charge >= 0.3 is 0 Å². The molecule has 1 heterocycles. The standard InChI is InChI=1S/C13H14ClFN2/c1-3-4-8-7-11(16-2)12-9(14)5-6-10(15)13(12)17-8/h5-7H,3-4H2,1-2H3,(H,16,17). The Balaban J connectivity index is 2.77. The Morgan fingerprint density at radius 2 is 2.18 bits per heavy atom. The number of aryl methyl sites for hydroxylation is 1. The molecule has 1 aromatic heterocycles. The molecule has 0 amide bonds. The number of nitrogens with zero attached hydrogens (tertiary/aromatic N) is 1. The molecule has 17 heavy (non-hydrogen) atoms.